The van der Waals surface area contributed by atoms with Crippen LogP contribution in [0.15, 0.2) is 29.4 Å². The first-order chi connectivity index (χ1) is 13.0. The van der Waals surface area contributed by atoms with Gasteiger partial charge in [0.05, 0.1) is 12.8 Å². The van der Waals surface area contributed by atoms with E-state index < -0.39 is 0 Å². The summed E-state index contributed by atoms with van der Waals surface area (Å²) in [6, 6.07) is 8.60. The molecule has 1 aliphatic heterocycles. The fourth-order valence-corrected chi connectivity index (χ4v) is 3.88. The van der Waals surface area contributed by atoms with Gasteiger partial charge in [0.2, 0.25) is 0 Å². The van der Waals surface area contributed by atoms with Crippen LogP contribution in [0.4, 0.5) is 0 Å². The number of piperidine rings is 1. The lowest BCUT2D eigenvalue weighted by molar-refractivity contribution is -0.122. The van der Waals surface area contributed by atoms with Crippen LogP contribution in [0.3, 0.4) is 0 Å². The molecule has 1 saturated heterocycles. The molecule has 5 nitrogen and oxygen atoms in total. The summed E-state index contributed by atoms with van der Waals surface area (Å²) in [5.41, 5.74) is 9.66. The fraction of sp³-hybridized carbons (Fsp3) is 0.455. The first kappa shape index (κ1) is 19.4. The van der Waals surface area contributed by atoms with Crippen molar-refractivity contribution in [1.82, 2.24) is 14.9 Å². The number of carbonyl (C=O) groups is 1. The van der Waals surface area contributed by atoms with Crippen LogP contribution in [-0.2, 0) is 4.79 Å². The van der Waals surface area contributed by atoms with Gasteiger partial charge in [0.25, 0.3) is 5.91 Å². The minimum atomic E-state index is -0.0451. The lowest BCUT2D eigenvalue weighted by atomic mass is 10.1. The van der Waals surface area contributed by atoms with E-state index in [0.29, 0.717) is 6.54 Å². The third kappa shape index (κ3) is 4.66. The van der Waals surface area contributed by atoms with Crippen molar-refractivity contribution in [2.75, 3.05) is 19.6 Å². The Morgan fingerprint density at radius 3 is 2.56 bits per heavy atom. The smallest absolute Gasteiger partial charge is 0.254 e. The predicted molar refractivity (Wildman–Crippen MR) is 111 cm³/mol. The first-order valence-electron chi connectivity index (χ1n) is 9.76. The Kier molecular flexibility index (Phi) is 6.11. The number of hydrogen-bond donors (Lipinski definition) is 1. The first-order valence-corrected chi connectivity index (χ1v) is 9.76. The summed E-state index contributed by atoms with van der Waals surface area (Å²) in [6.45, 7) is 10.9. The van der Waals surface area contributed by atoms with E-state index in [0.717, 1.165) is 30.0 Å². The molecule has 1 aromatic carbocycles. The predicted octanol–water partition coefficient (Wildman–Crippen LogP) is 3.65. The van der Waals surface area contributed by atoms with Gasteiger partial charge in [-0.3, -0.25) is 9.69 Å². The molecule has 0 unspecified atom stereocenters. The van der Waals surface area contributed by atoms with Crippen molar-refractivity contribution < 1.29 is 4.79 Å². The van der Waals surface area contributed by atoms with Crippen LogP contribution in [0.2, 0.25) is 0 Å². The minimum Gasteiger partial charge on any atom is -0.318 e. The number of benzene rings is 1. The van der Waals surface area contributed by atoms with E-state index in [2.05, 4.69) is 72.0 Å². The van der Waals surface area contributed by atoms with E-state index in [1.807, 2.05) is 0 Å². The number of nitrogens with zero attached hydrogens (tertiary/aromatic N) is 3. The summed E-state index contributed by atoms with van der Waals surface area (Å²) in [7, 11) is 0. The molecular weight excluding hydrogens is 336 g/mol. The Labute approximate surface area is 162 Å². The highest BCUT2D eigenvalue weighted by atomic mass is 16.2. The zero-order chi connectivity index (χ0) is 19.4. The summed E-state index contributed by atoms with van der Waals surface area (Å²) in [6.07, 6.45) is 5.38. The maximum atomic E-state index is 12.1. The van der Waals surface area contributed by atoms with Crippen molar-refractivity contribution in [3.63, 3.8) is 0 Å². The van der Waals surface area contributed by atoms with Crippen LogP contribution < -0.4 is 5.43 Å². The molecule has 0 bridgehead atoms. The van der Waals surface area contributed by atoms with Gasteiger partial charge >= 0.3 is 0 Å². The average Bonchev–Trinajstić information content (AvgIpc) is 2.90. The Balaban J connectivity index is 1.69. The normalized spacial score (nSPS) is 15.4. The molecule has 144 valence electrons. The molecule has 2 aromatic rings. The van der Waals surface area contributed by atoms with Gasteiger partial charge in [0.1, 0.15) is 0 Å². The van der Waals surface area contributed by atoms with E-state index in [1.54, 1.807) is 6.21 Å². The van der Waals surface area contributed by atoms with Crippen LogP contribution in [0.5, 0.6) is 0 Å². The molecule has 0 atom stereocenters. The third-order valence-corrected chi connectivity index (χ3v) is 5.27. The van der Waals surface area contributed by atoms with E-state index in [9.17, 15) is 4.79 Å². The van der Waals surface area contributed by atoms with E-state index >= 15 is 0 Å². The van der Waals surface area contributed by atoms with E-state index in [4.69, 9.17) is 0 Å². The SMILES string of the molecule is Cc1ccc(-n2c(C)cc(/C=N/NC(=O)CN3CCCCC3)c2C)c(C)c1. The van der Waals surface area contributed by atoms with Gasteiger partial charge in [0, 0.05) is 22.6 Å². The Morgan fingerprint density at radius 1 is 1.11 bits per heavy atom. The quantitative estimate of drug-likeness (QED) is 0.649. The molecule has 0 aliphatic carbocycles. The van der Waals surface area contributed by atoms with Crippen molar-refractivity contribution >= 4 is 12.1 Å². The summed E-state index contributed by atoms with van der Waals surface area (Å²) in [4.78, 5) is 14.3. The largest absolute Gasteiger partial charge is 0.318 e. The van der Waals surface area contributed by atoms with E-state index in [1.165, 1.54) is 36.1 Å². The number of aromatic nitrogens is 1. The zero-order valence-corrected chi connectivity index (χ0v) is 16.9. The van der Waals surface area contributed by atoms with Crippen molar-refractivity contribution in [1.29, 1.82) is 0 Å². The molecule has 1 fully saturated rings. The highest BCUT2D eigenvalue weighted by Gasteiger charge is 2.14. The van der Waals surface area contributed by atoms with Gasteiger partial charge in [-0.25, -0.2) is 5.43 Å². The van der Waals surface area contributed by atoms with Crippen LogP contribution in [0, 0.1) is 27.7 Å². The average molecular weight is 367 g/mol. The van der Waals surface area contributed by atoms with Gasteiger partial charge < -0.3 is 4.57 Å². The molecular formula is C22H30N4O. The second kappa shape index (κ2) is 8.53. The second-order valence-electron chi connectivity index (χ2n) is 7.58. The molecule has 3 rings (SSSR count). The number of carbonyl (C=O) groups excluding carboxylic acids is 1. The van der Waals surface area contributed by atoms with Gasteiger partial charge in [-0.15, -0.1) is 0 Å². The minimum absolute atomic E-state index is 0.0451. The number of likely N-dealkylation sites (tertiary alicyclic amines) is 1. The molecule has 2 heterocycles. The van der Waals surface area contributed by atoms with E-state index in [-0.39, 0.29) is 5.91 Å². The number of amides is 1. The zero-order valence-electron chi connectivity index (χ0n) is 16.9. The monoisotopic (exact) mass is 366 g/mol. The number of hydrogen-bond acceptors (Lipinski definition) is 3. The molecule has 1 aliphatic rings. The van der Waals surface area contributed by atoms with Crippen molar-refractivity contribution in [3.05, 3.63) is 52.3 Å². The number of nitrogens with one attached hydrogen (secondary N) is 1. The van der Waals surface area contributed by atoms with Crippen molar-refractivity contribution in [2.45, 2.75) is 47.0 Å². The Morgan fingerprint density at radius 2 is 1.85 bits per heavy atom. The number of hydrazone groups is 1. The molecule has 0 spiro atoms. The Hall–Kier alpha value is -2.40. The second-order valence-corrected chi connectivity index (χ2v) is 7.58. The topological polar surface area (TPSA) is 49.6 Å². The maximum absolute atomic E-state index is 12.1. The summed E-state index contributed by atoms with van der Waals surface area (Å²) < 4.78 is 2.24. The maximum Gasteiger partial charge on any atom is 0.254 e. The summed E-state index contributed by atoms with van der Waals surface area (Å²) in [5, 5.41) is 4.19. The molecule has 1 N–H and O–H groups in total. The number of aryl methyl sites for hydroxylation is 3. The molecule has 0 saturated carbocycles. The highest BCUT2D eigenvalue weighted by molar-refractivity contribution is 5.84. The van der Waals surface area contributed by atoms with Crippen molar-refractivity contribution in [2.24, 2.45) is 5.10 Å². The standard InChI is InChI=1S/C22H30N4O/c1-16-8-9-21(17(2)12-16)26-18(3)13-20(19(26)4)14-23-24-22(27)15-25-10-6-5-7-11-25/h8-9,12-14H,5-7,10-11,15H2,1-4H3,(H,24,27)/b23-14+. The molecule has 27 heavy (non-hydrogen) atoms. The lowest BCUT2D eigenvalue weighted by Crippen LogP contribution is -2.38. The van der Waals surface area contributed by atoms with Crippen LogP contribution in [0.1, 0.15) is 47.3 Å². The van der Waals surface area contributed by atoms with Crippen LogP contribution >= 0.6 is 0 Å². The highest BCUT2D eigenvalue weighted by Crippen LogP contribution is 2.23. The van der Waals surface area contributed by atoms with Gasteiger partial charge in [-0.1, -0.05) is 24.1 Å². The molecule has 1 aromatic heterocycles. The molecule has 5 heteroatoms. The third-order valence-electron chi connectivity index (χ3n) is 5.27. The Bertz CT molecular complexity index is 844. The van der Waals surface area contributed by atoms with Gasteiger partial charge in [0.15, 0.2) is 0 Å². The lowest BCUT2D eigenvalue weighted by Gasteiger charge is -2.25. The van der Waals surface area contributed by atoms with Crippen LogP contribution in [-0.4, -0.2) is 41.2 Å². The van der Waals surface area contributed by atoms with Gasteiger partial charge in [-0.05, 0) is 71.3 Å². The molecule has 0 radical (unpaired) electrons. The fourth-order valence-electron chi connectivity index (χ4n) is 3.88. The molecule has 1 amide bonds. The van der Waals surface area contributed by atoms with Gasteiger partial charge in [-0.2, -0.15) is 5.10 Å². The van der Waals surface area contributed by atoms with Crippen molar-refractivity contribution in [3.8, 4) is 5.69 Å². The summed E-state index contributed by atoms with van der Waals surface area (Å²) in [5.74, 6) is -0.0451. The van der Waals surface area contributed by atoms with Crippen LogP contribution in [0.25, 0.3) is 5.69 Å². The summed E-state index contributed by atoms with van der Waals surface area (Å²) >= 11 is 0. The number of rotatable bonds is 5.